The van der Waals surface area contributed by atoms with Gasteiger partial charge in [-0.3, -0.25) is 4.90 Å². The third-order valence-electron chi connectivity index (χ3n) is 4.70. The molecule has 3 fully saturated rings. The minimum absolute atomic E-state index is 0.541. The van der Waals surface area contributed by atoms with Crippen molar-refractivity contribution < 1.29 is 4.74 Å². The summed E-state index contributed by atoms with van der Waals surface area (Å²) in [5, 5.41) is 0. The normalized spacial score (nSPS) is 47.8. The van der Waals surface area contributed by atoms with Crippen LogP contribution in [0.3, 0.4) is 0 Å². The predicted octanol–water partition coefficient (Wildman–Crippen LogP) is 2.18. The van der Waals surface area contributed by atoms with Crippen LogP contribution in [0, 0.1) is 0 Å². The largest absolute Gasteiger partial charge is 0.377 e. The maximum absolute atomic E-state index is 5.92. The first-order chi connectivity index (χ1) is 6.86. The van der Waals surface area contributed by atoms with Crippen molar-refractivity contribution in [2.45, 2.75) is 63.1 Å². The Labute approximate surface area is 86.6 Å². The van der Waals surface area contributed by atoms with Gasteiger partial charge in [0.1, 0.15) is 0 Å². The van der Waals surface area contributed by atoms with E-state index in [1.807, 2.05) is 0 Å². The maximum atomic E-state index is 5.92. The van der Waals surface area contributed by atoms with Gasteiger partial charge in [0, 0.05) is 18.2 Å². The van der Waals surface area contributed by atoms with Crippen LogP contribution in [0.1, 0.15) is 45.4 Å². The van der Waals surface area contributed by atoms with Crippen LogP contribution < -0.4 is 0 Å². The van der Waals surface area contributed by atoms with E-state index in [1.54, 1.807) is 0 Å². The van der Waals surface area contributed by atoms with Gasteiger partial charge in [0.25, 0.3) is 0 Å². The van der Waals surface area contributed by atoms with Gasteiger partial charge >= 0.3 is 0 Å². The third-order valence-corrected chi connectivity index (χ3v) is 4.70. The predicted molar refractivity (Wildman–Crippen MR) is 56.3 cm³/mol. The maximum Gasteiger partial charge on any atom is 0.0748 e. The molecule has 0 N–H and O–H groups in total. The van der Waals surface area contributed by atoms with Crippen LogP contribution in [0.5, 0.6) is 0 Å². The van der Waals surface area contributed by atoms with Gasteiger partial charge in [0.05, 0.1) is 6.10 Å². The standard InChI is InChI=1S/C12H21NO/c1-2-12-6-4-7-13(12)10-5-3-8-14-11(10)9-12/h10-11H,2-9H2,1H3. The van der Waals surface area contributed by atoms with Crippen LogP contribution in [0.2, 0.25) is 0 Å². The molecule has 3 saturated heterocycles. The quantitative estimate of drug-likeness (QED) is 0.636. The molecular weight excluding hydrogens is 174 g/mol. The Morgan fingerprint density at radius 2 is 2.36 bits per heavy atom. The van der Waals surface area contributed by atoms with E-state index >= 15 is 0 Å². The number of hydrogen-bond acceptors (Lipinski definition) is 2. The van der Waals surface area contributed by atoms with Gasteiger partial charge in [-0.15, -0.1) is 0 Å². The number of hydrogen-bond donors (Lipinski definition) is 0. The Balaban J connectivity index is 1.86. The molecule has 3 aliphatic rings. The molecule has 3 heterocycles. The van der Waals surface area contributed by atoms with Gasteiger partial charge in [0.15, 0.2) is 0 Å². The third kappa shape index (κ3) is 1.10. The summed E-state index contributed by atoms with van der Waals surface area (Å²) in [7, 11) is 0. The highest BCUT2D eigenvalue weighted by molar-refractivity contribution is 5.08. The second kappa shape index (κ2) is 3.21. The van der Waals surface area contributed by atoms with Gasteiger partial charge in [0.2, 0.25) is 0 Å². The molecule has 14 heavy (non-hydrogen) atoms. The summed E-state index contributed by atoms with van der Waals surface area (Å²) < 4.78 is 5.92. The average molecular weight is 195 g/mol. The highest BCUT2D eigenvalue weighted by atomic mass is 16.5. The monoisotopic (exact) mass is 195 g/mol. The molecule has 3 atom stereocenters. The first-order valence-electron chi connectivity index (χ1n) is 6.24. The molecule has 0 aromatic carbocycles. The Kier molecular flexibility index (Phi) is 2.10. The smallest absolute Gasteiger partial charge is 0.0748 e. The molecule has 0 aliphatic carbocycles. The number of ether oxygens (including phenoxy) is 1. The van der Waals surface area contributed by atoms with Crippen LogP contribution in [0.15, 0.2) is 0 Å². The van der Waals surface area contributed by atoms with E-state index < -0.39 is 0 Å². The van der Waals surface area contributed by atoms with E-state index in [0.29, 0.717) is 11.6 Å². The lowest BCUT2D eigenvalue weighted by atomic mass is 9.90. The molecule has 0 aromatic heterocycles. The first-order valence-corrected chi connectivity index (χ1v) is 6.24. The minimum Gasteiger partial charge on any atom is -0.377 e. The van der Waals surface area contributed by atoms with Crippen molar-refractivity contribution in [1.29, 1.82) is 0 Å². The summed E-state index contributed by atoms with van der Waals surface area (Å²) in [5.41, 5.74) is 0.541. The van der Waals surface area contributed by atoms with Gasteiger partial charge in [-0.05, 0) is 45.1 Å². The highest BCUT2D eigenvalue weighted by Gasteiger charge is 2.53. The summed E-state index contributed by atoms with van der Waals surface area (Å²) in [6.45, 7) is 4.70. The van der Waals surface area contributed by atoms with Crippen molar-refractivity contribution in [2.75, 3.05) is 13.2 Å². The molecule has 2 nitrogen and oxygen atoms in total. The zero-order valence-corrected chi connectivity index (χ0v) is 9.17. The highest BCUT2D eigenvalue weighted by Crippen LogP contribution is 2.47. The number of nitrogens with zero attached hydrogens (tertiary/aromatic N) is 1. The fourth-order valence-corrected chi connectivity index (χ4v) is 3.97. The average Bonchev–Trinajstić information content (AvgIpc) is 2.73. The second-order valence-electron chi connectivity index (χ2n) is 5.20. The lowest BCUT2D eigenvalue weighted by molar-refractivity contribution is -0.0111. The zero-order chi connectivity index (χ0) is 9.60. The summed E-state index contributed by atoms with van der Waals surface area (Å²) in [4.78, 5) is 2.79. The van der Waals surface area contributed by atoms with Crippen LogP contribution in [0.25, 0.3) is 0 Å². The molecule has 0 aromatic rings. The van der Waals surface area contributed by atoms with Gasteiger partial charge in [-0.1, -0.05) is 6.92 Å². The topological polar surface area (TPSA) is 12.5 Å². The SMILES string of the molecule is CCC12CCCN1C1CCCOC1C2. The molecule has 80 valence electrons. The molecule has 2 heteroatoms. The number of rotatable bonds is 1. The van der Waals surface area contributed by atoms with Crippen LogP contribution in [0.4, 0.5) is 0 Å². The van der Waals surface area contributed by atoms with Crippen molar-refractivity contribution >= 4 is 0 Å². The van der Waals surface area contributed by atoms with Crippen molar-refractivity contribution in [2.24, 2.45) is 0 Å². The Bertz CT molecular complexity index is 230. The van der Waals surface area contributed by atoms with Crippen LogP contribution >= 0.6 is 0 Å². The van der Waals surface area contributed by atoms with E-state index in [0.717, 1.165) is 12.6 Å². The Morgan fingerprint density at radius 3 is 3.21 bits per heavy atom. The minimum atomic E-state index is 0.541. The van der Waals surface area contributed by atoms with Gasteiger partial charge in [-0.25, -0.2) is 0 Å². The fraction of sp³-hybridized carbons (Fsp3) is 1.00. The van der Waals surface area contributed by atoms with Crippen molar-refractivity contribution in [3.05, 3.63) is 0 Å². The van der Waals surface area contributed by atoms with Crippen molar-refractivity contribution in [1.82, 2.24) is 4.90 Å². The number of fused-ring (bicyclic) bond motifs is 3. The van der Waals surface area contributed by atoms with E-state index in [9.17, 15) is 0 Å². The van der Waals surface area contributed by atoms with Gasteiger partial charge < -0.3 is 4.74 Å². The van der Waals surface area contributed by atoms with E-state index in [1.165, 1.54) is 45.1 Å². The molecule has 0 bridgehead atoms. The first kappa shape index (κ1) is 9.17. The van der Waals surface area contributed by atoms with Gasteiger partial charge in [-0.2, -0.15) is 0 Å². The van der Waals surface area contributed by atoms with Crippen molar-refractivity contribution in [3.63, 3.8) is 0 Å². The molecule has 3 rings (SSSR count). The summed E-state index contributed by atoms with van der Waals surface area (Å²) in [6.07, 6.45) is 8.70. The zero-order valence-electron chi connectivity index (χ0n) is 9.17. The molecule has 0 radical (unpaired) electrons. The molecule has 3 unspecified atom stereocenters. The van der Waals surface area contributed by atoms with Crippen molar-refractivity contribution in [3.8, 4) is 0 Å². The lowest BCUT2D eigenvalue weighted by Gasteiger charge is -2.35. The molecule has 0 spiro atoms. The molecule has 0 saturated carbocycles. The summed E-state index contributed by atoms with van der Waals surface area (Å²) in [5.74, 6) is 0. The molecule has 0 amide bonds. The lowest BCUT2D eigenvalue weighted by Crippen LogP contribution is -2.44. The van der Waals surface area contributed by atoms with E-state index in [4.69, 9.17) is 4.74 Å². The molecular formula is C12H21NO. The Morgan fingerprint density at radius 1 is 1.43 bits per heavy atom. The van der Waals surface area contributed by atoms with E-state index in [2.05, 4.69) is 11.8 Å². The summed E-state index contributed by atoms with van der Waals surface area (Å²) in [6, 6.07) is 0.770. The summed E-state index contributed by atoms with van der Waals surface area (Å²) >= 11 is 0. The fourth-order valence-electron chi connectivity index (χ4n) is 3.97. The van der Waals surface area contributed by atoms with E-state index in [-0.39, 0.29) is 0 Å². The molecule has 3 aliphatic heterocycles. The second-order valence-corrected chi connectivity index (χ2v) is 5.20. The van der Waals surface area contributed by atoms with Crippen LogP contribution in [-0.4, -0.2) is 35.7 Å². The Hall–Kier alpha value is -0.0800. The van der Waals surface area contributed by atoms with Crippen LogP contribution in [-0.2, 0) is 4.74 Å².